The lowest BCUT2D eigenvalue weighted by Gasteiger charge is -2.43. The predicted molar refractivity (Wildman–Crippen MR) is 86.7 cm³/mol. The average molecular weight is 371 g/mol. The van der Waals surface area contributed by atoms with Gasteiger partial charge in [0.05, 0.1) is 5.56 Å². The molecule has 2 rings (SSSR count). The Morgan fingerprint density at radius 3 is 2.25 bits per heavy atom. The van der Waals surface area contributed by atoms with Crippen LogP contribution in [0.5, 0.6) is 0 Å². The molecule has 1 saturated heterocycles. The van der Waals surface area contributed by atoms with Crippen molar-refractivity contribution >= 4 is 12.4 Å². The molecule has 3 nitrogen and oxygen atoms in total. The van der Waals surface area contributed by atoms with Crippen molar-refractivity contribution in [2.24, 2.45) is 5.41 Å². The van der Waals surface area contributed by atoms with Crippen molar-refractivity contribution in [3.05, 3.63) is 35.1 Å². The molecule has 0 spiro atoms. The van der Waals surface area contributed by atoms with Crippen LogP contribution < -0.4 is 5.32 Å². The van der Waals surface area contributed by atoms with E-state index >= 15 is 0 Å². The maximum absolute atomic E-state index is 13.8. The molecule has 1 aliphatic heterocycles. The van der Waals surface area contributed by atoms with Gasteiger partial charge in [0.1, 0.15) is 5.82 Å². The Kier molecular flexibility index (Phi) is 7.04. The lowest BCUT2D eigenvalue weighted by atomic mass is 9.79. The number of nitrogens with one attached hydrogen (secondary N) is 1. The number of benzene rings is 1. The summed E-state index contributed by atoms with van der Waals surface area (Å²) < 4.78 is 52.8. The lowest BCUT2D eigenvalue weighted by molar-refractivity contribution is -0.137. The summed E-state index contributed by atoms with van der Waals surface area (Å²) in [5.41, 5.74) is -1.45. The monoisotopic (exact) mass is 370 g/mol. The summed E-state index contributed by atoms with van der Waals surface area (Å²) in [6.45, 7) is 6.02. The van der Waals surface area contributed by atoms with Gasteiger partial charge in [-0.1, -0.05) is 13.8 Å². The van der Waals surface area contributed by atoms with Crippen molar-refractivity contribution in [1.82, 2.24) is 10.2 Å². The SMILES string of the molecule is CC(C)(CO)[C@H](c1cc(F)cc(C(F)(F)F)c1)N1CCNCC1.Cl. The quantitative estimate of drug-likeness (QED) is 0.799. The predicted octanol–water partition coefficient (Wildman–Crippen LogP) is 3.23. The minimum atomic E-state index is -4.60. The second kappa shape index (κ2) is 7.99. The van der Waals surface area contributed by atoms with Gasteiger partial charge in [-0.3, -0.25) is 4.90 Å². The molecule has 8 heteroatoms. The molecule has 0 radical (unpaired) electrons. The van der Waals surface area contributed by atoms with E-state index in [1.807, 2.05) is 4.90 Å². The van der Waals surface area contributed by atoms with Gasteiger partial charge in [-0.05, 0) is 23.8 Å². The highest BCUT2D eigenvalue weighted by Crippen LogP contribution is 2.40. The smallest absolute Gasteiger partial charge is 0.396 e. The van der Waals surface area contributed by atoms with Crippen LogP contribution in [0.3, 0.4) is 0 Å². The van der Waals surface area contributed by atoms with Gasteiger partial charge in [0.2, 0.25) is 0 Å². The molecule has 1 aromatic carbocycles. The van der Waals surface area contributed by atoms with Crippen LogP contribution in [0.25, 0.3) is 0 Å². The number of nitrogens with zero attached hydrogens (tertiary/aromatic N) is 1. The molecule has 138 valence electrons. The van der Waals surface area contributed by atoms with Gasteiger partial charge in [-0.2, -0.15) is 13.2 Å². The molecule has 1 fully saturated rings. The van der Waals surface area contributed by atoms with E-state index in [-0.39, 0.29) is 24.6 Å². The Morgan fingerprint density at radius 1 is 1.17 bits per heavy atom. The summed E-state index contributed by atoms with van der Waals surface area (Å²) in [7, 11) is 0. The van der Waals surface area contributed by atoms with E-state index in [4.69, 9.17) is 0 Å². The molecule has 2 N–H and O–H groups in total. The molecule has 24 heavy (non-hydrogen) atoms. The van der Waals surface area contributed by atoms with Crippen LogP contribution in [0.4, 0.5) is 17.6 Å². The second-order valence-electron chi connectivity index (χ2n) is 6.61. The largest absolute Gasteiger partial charge is 0.416 e. The Balaban J connectivity index is 0.00000288. The van der Waals surface area contributed by atoms with Crippen LogP contribution in [-0.2, 0) is 6.18 Å². The zero-order valence-electron chi connectivity index (χ0n) is 13.7. The van der Waals surface area contributed by atoms with E-state index in [1.54, 1.807) is 13.8 Å². The van der Waals surface area contributed by atoms with Crippen LogP contribution in [0.15, 0.2) is 18.2 Å². The van der Waals surface area contributed by atoms with Crippen molar-refractivity contribution in [1.29, 1.82) is 0 Å². The maximum atomic E-state index is 13.8. The third-order valence-corrected chi connectivity index (χ3v) is 4.23. The molecule has 0 amide bonds. The van der Waals surface area contributed by atoms with Crippen molar-refractivity contribution in [2.75, 3.05) is 32.8 Å². The van der Waals surface area contributed by atoms with Crippen molar-refractivity contribution in [3.63, 3.8) is 0 Å². The number of hydrogen-bond acceptors (Lipinski definition) is 3. The third-order valence-electron chi connectivity index (χ3n) is 4.23. The normalized spacial score (nSPS) is 18.1. The van der Waals surface area contributed by atoms with Crippen molar-refractivity contribution in [2.45, 2.75) is 26.1 Å². The third kappa shape index (κ3) is 4.81. The Bertz CT molecular complexity index is 545. The van der Waals surface area contributed by atoms with Crippen molar-refractivity contribution in [3.8, 4) is 0 Å². The van der Waals surface area contributed by atoms with Gasteiger partial charge < -0.3 is 10.4 Å². The van der Waals surface area contributed by atoms with E-state index < -0.39 is 29.0 Å². The molecule has 0 aromatic heterocycles. The minimum Gasteiger partial charge on any atom is -0.396 e. The summed E-state index contributed by atoms with van der Waals surface area (Å²) in [5, 5.41) is 12.9. The van der Waals surface area contributed by atoms with E-state index in [0.29, 0.717) is 32.2 Å². The summed E-state index contributed by atoms with van der Waals surface area (Å²) >= 11 is 0. The first kappa shape index (κ1) is 21.2. The number of rotatable bonds is 4. The second-order valence-corrected chi connectivity index (χ2v) is 6.61. The number of hydrogen-bond donors (Lipinski definition) is 2. The minimum absolute atomic E-state index is 0. The average Bonchev–Trinajstić information content (AvgIpc) is 2.47. The molecule has 0 saturated carbocycles. The molecule has 1 atom stereocenters. The van der Waals surface area contributed by atoms with Gasteiger partial charge in [-0.25, -0.2) is 4.39 Å². The zero-order valence-corrected chi connectivity index (χ0v) is 14.5. The van der Waals surface area contributed by atoms with Gasteiger partial charge in [-0.15, -0.1) is 12.4 Å². The Labute approximate surface area is 145 Å². The highest BCUT2D eigenvalue weighted by molar-refractivity contribution is 5.85. The first-order chi connectivity index (χ1) is 10.6. The number of aliphatic hydroxyl groups excluding tert-OH is 1. The van der Waals surface area contributed by atoms with Crippen LogP contribution >= 0.6 is 12.4 Å². The highest BCUT2D eigenvalue weighted by atomic mass is 35.5. The number of alkyl halides is 3. The van der Waals surface area contributed by atoms with Gasteiger partial charge in [0.15, 0.2) is 0 Å². The van der Waals surface area contributed by atoms with Gasteiger partial charge >= 0.3 is 6.18 Å². The fraction of sp³-hybridized carbons (Fsp3) is 0.625. The van der Waals surface area contributed by atoms with Crippen LogP contribution in [-0.4, -0.2) is 42.8 Å². The highest BCUT2D eigenvalue weighted by Gasteiger charge is 2.38. The first-order valence-corrected chi connectivity index (χ1v) is 7.58. The zero-order chi connectivity index (χ0) is 17.3. The Morgan fingerprint density at radius 2 is 1.75 bits per heavy atom. The van der Waals surface area contributed by atoms with Crippen LogP contribution in [0.1, 0.15) is 31.0 Å². The molecular weight excluding hydrogens is 348 g/mol. The topological polar surface area (TPSA) is 35.5 Å². The standard InChI is InChI=1S/C16H22F4N2O.ClH/c1-15(2,10-23)14(22-5-3-21-4-6-22)11-7-12(16(18,19)20)9-13(17)8-11;/h7-9,14,21,23H,3-6,10H2,1-2H3;1H/t14-;/m0./s1. The van der Waals surface area contributed by atoms with Crippen LogP contribution in [0, 0.1) is 11.2 Å². The van der Waals surface area contributed by atoms with Gasteiger partial charge in [0, 0.05) is 44.2 Å². The molecule has 1 aromatic rings. The molecule has 1 heterocycles. The van der Waals surface area contributed by atoms with Crippen LogP contribution in [0.2, 0.25) is 0 Å². The van der Waals surface area contributed by atoms with Gasteiger partial charge in [0.25, 0.3) is 0 Å². The van der Waals surface area contributed by atoms with E-state index in [2.05, 4.69) is 5.32 Å². The first-order valence-electron chi connectivity index (χ1n) is 7.58. The summed E-state index contributed by atoms with van der Waals surface area (Å²) in [4.78, 5) is 2.00. The summed E-state index contributed by atoms with van der Waals surface area (Å²) in [5.74, 6) is -0.913. The number of piperazine rings is 1. The summed E-state index contributed by atoms with van der Waals surface area (Å²) in [6.07, 6.45) is -4.60. The lowest BCUT2D eigenvalue weighted by Crippen LogP contribution is -2.49. The number of aliphatic hydroxyl groups is 1. The van der Waals surface area contributed by atoms with Crippen molar-refractivity contribution < 1.29 is 22.7 Å². The molecular formula is C16H23ClF4N2O. The molecule has 0 unspecified atom stereocenters. The fourth-order valence-electron chi connectivity index (χ4n) is 3.12. The molecule has 0 bridgehead atoms. The molecule has 1 aliphatic rings. The number of halogens is 5. The summed E-state index contributed by atoms with van der Waals surface area (Å²) in [6, 6.07) is 2.14. The van der Waals surface area contributed by atoms with E-state index in [9.17, 15) is 22.7 Å². The maximum Gasteiger partial charge on any atom is 0.416 e. The fourth-order valence-corrected chi connectivity index (χ4v) is 3.12. The van der Waals surface area contributed by atoms with E-state index in [1.165, 1.54) is 0 Å². The van der Waals surface area contributed by atoms with E-state index in [0.717, 1.165) is 12.1 Å². The Hall–Kier alpha value is -0.890. The molecule has 0 aliphatic carbocycles.